The Morgan fingerprint density at radius 3 is 2.35 bits per heavy atom. The van der Waals surface area contributed by atoms with Gasteiger partial charge in [0.2, 0.25) is 0 Å². The Bertz CT molecular complexity index is 221. The van der Waals surface area contributed by atoms with E-state index in [1.165, 1.54) is 38.5 Å². The minimum absolute atomic E-state index is 0.260. The van der Waals surface area contributed by atoms with Gasteiger partial charge in [0.1, 0.15) is 0 Å². The van der Waals surface area contributed by atoms with Crippen LogP contribution in [0.2, 0.25) is 0 Å². The molecule has 0 aromatic heterocycles. The van der Waals surface area contributed by atoms with Crippen LogP contribution < -0.4 is 0 Å². The number of carbonyl (C=O) groups excluding carboxylic acids is 1. The molecule has 0 radical (unpaired) electrons. The second-order valence-corrected chi connectivity index (χ2v) is 4.83. The molecule has 0 bridgehead atoms. The Hall–Kier alpha value is -0.790. The van der Waals surface area contributed by atoms with Crippen molar-refractivity contribution >= 4 is 5.97 Å². The molecule has 0 heterocycles. The van der Waals surface area contributed by atoms with Crippen LogP contribution in [0.25, 0.3) is 0 Å². The molecule has 0 aliphatic carbocycles. The summed E-state index contributed by atoms with van der Waals surface area (Å²) in [5, 5.41) is 0. The molecule has 0 spiro atoms. The minimum Gasteiger partial charge on any atom is -0.462 e. The molecular formula is C15H28O2. The molecule has 1 unspecified atom stereocenters. The summed E-state index contributed by atoms with van der Waals surface area (Å²) in [6.07, 6.45) is 8.65. The van der Waals surface area contributed by atoms with Crippen LogP contribution in [0, 0.1) is 5.92 Å². The third-order valence-electron chi connectivity index (χ3n) is 3.13. The number of ether oxygens (including phenoxy) is 1. The summed E-state index contributed by atoms with van der Waals surface area (Å²) in [6, 6.07) is 0. The number of esters is 1. The zero-order valence-corrected chi connectivity index (χ0v) is 11.8. The molecule has 0 N–H and O–H groups in total. The SMILES string of the molecule is C=C(C)C(=O)OCCCC(CC)CCCCC. The van der Waals surface area contributed by atoms with Gasteiger partial charge < -0.3 is 4.74 Å². The Morgan fingerprint density at radius 2 is 1.82 bits per heavy atom. The van der Waals surface area contributed by atoms with E-state index in [4.69, 9.17) is 4.74 Å². The molecule has 0 aromatic carbocycles. The highest BCUT2D eigenvalue weighted by Gasteiger charge is 2.07. The van der Waals surface area contributed by atoms with E-state index in [0.29, 0.717) is 12.2 Å². The summed E-state index contributed by atoms with van der Waals surface area (Å²) in [4.78, 5) is 11.1. The van der Waals surface area contributed by atoms with Gasteiger partial charge >= 0.3 is 5.97 Å². The largest absolute Gasteiger partial charge is 0.462 e. The maximum Gasteiger partial charge on any atom is 0.333 e. The van der Waals surface area contributed by atoms with Crippen molar-refractivity contribution in [2.24, 2.45) is 5.92 Å². The molecule has 100 valence electrons. The van der Waals surface area contributed by atoms with E-state index in [1.54, 1.807) is 6.92 Å². The Morgan fingerprint density at radius 1 is 1.18 bits per heavy atom. The predicted molar refractivity (Wildman–Crippen MR) is 72.9 cm³/mol. The minimum atomic E-state index is -0.260. The molecule has 0 saturated heterocycles. The highest BCUT2D eigenvalue weighted by Crippen LogP contribution is 2.19. The first-order chi connectivity index (χ1) is 8.11. The lowest BCUT2D eigenvalue weighted by Crippen LogP contribution is -2.08. The van der Waals surface area contributed by atoms with Gasteiger partial charge in [-0.1, -0.05) is 52.5 Å². The van der Waals surface area contributed by atoms with Crippen molar-refractivity contribution < 1.29 is 9.53 Å². The van der Waals surface area contributed by atoms with E-state index in [-0.39, 0.29) is 5.97 Å². The predicted octanol–water partition coefficient (Wildman–Crippen LogP) is 4.49. The van der Waals surface area contributed by atoms with Gasteiger partial charge in [-0.25, -0.2) is 4.79 Å². The molecule has 0 aliphatic rings. The normalized spacial score (nSPS) is 12.2. The third-order valence-corrected chi connectivity index (χ3v) is 3.13. The van der Waals surface area contributed by atoms with E-state index >= 15 is 0 Å². The van der Waals surface area contributed by atoms with Crippen LogP contribution in [-0.2, 0) is 9.53 Å². The quantitative estimate of drug-likeness (QED) is 0.319. The highest BCUT2D eigenvalue weighted by molar-refractivity contribution is 5.86. The fraction of sp³-hybridized carbons (Fsp3) is 0.800. The first kappa shape index (κ1) is 16.2. The summed E-state index contributed by atoms with van der Waals surface area (Å²) in [7, 11) is 0. The molecule has 0 aromatic rings. The average molecular weight is 240 g/mol. The fourth-order valence-electron chi connectivity index (χ4n) is 1.90. The summed E-state index contributed by atoms with van der Waals surface area (Å²) in [5.41, 5.74) is 0.486. The van der Waals surface area contributed by atoms with Crippen molar-refractivity contribution in [1.82, 2.24) is 0 Å². The summed E-state index contributed by atoms with van der Waals surface area (Å²) >= 11 is 0. The molecule has 17 heavy (non-hydrogen) atoms. The van der Waals surface area contributed by atoms with E-state index in [9.17, 15) is 4.79 Å². The molecule has 1 atom stereocenters. The molecule has 0 amide bonds. The zero-order valence-electron chi connectivity index (χ0n) is 11.8. The summed E-state index contributed by atoms with van der Waals surface area (Å²) in [6.45, 7) is 10.3. The average Bonchev–Trinajstić information content (AvgIpc) is 2.31. The molecular weight excluding hydrogens is 212 g/mol. The molecule has 2 heteroatoms. The number of rotatable bonds is 10. The second kappa shape index (κ2) is 10.4. The van der Waals surface area contributed by atoms with Crippen LogP contribution in [0.3, 0.4) is 0 Å². The van der Waals surface area contributed by atoms with E-state index in [0.717, 1.165) is 12.3 Å². The molecule has 2 nitrogen and oxygen atoms in total. The number of hydrogen-bond donors (Lipinski definition) is 0. The lowest BCUT2D eigenvalue weighted by molar-refractivity contribution is -0.139. The number of hydrogen-bond acceptors (Lipinski definition) is 2. The van der Waals surface area contributed by atoms with E-state index in [1.807, 2.05) is 0 Å². The molecule has 0 fully saturated rings. The van der Waals surface area contributed by atoms with Crippen LogP contribution in [-0.4, -0.2) is 12.6 Å². The fourth-order valence-corrected chi connectivity index (χ4v) is 1.90. The van der Waals surface area contributed by atoms with Gasteiger partial charge in [0, 0.05) is 5.57 Å². The van der Waals surface area contributed by atoms with Crippen molar-refractivity contribution in [3.05, 3.63) is 12.2 Å². The van der Waals surface area contributed by atoms with Crippen LogP contribution in [0.4, 0.5) is 0 Å². The Kier molecular flexibility index (Phi) is 9.89. The van der Waals surface area contributed by atoms with Gasteiger partial charge in [-0.15, -0.1) is 0 Å². The standard InChI is InChI=1S/C15H28O2/c1-5-7-8-10-14(6-2)11-9-12-17-15(16)13(3)4/h14H,3,5-12H2,1-2,4H3. The van der Waals surface area contributed by atoms with Gasteiger partial charge in [-0.05, 0) is 25.7 Å². The van der Waals surface area contributed by atoms with Gasteiger partial charge in [-0.2, -0.15) is 0 Å². The smallest absolute Gasteiger partial charge is 0.333 e. The van der Waals surface area contributed by atoms with E-state index in [2.05, 4.69) is 20.4 Å². The van der Waals surface area contributed by atoms with Gasteiger partial charge in [0.25, 0.3) is 0 Å². The molecule has 0 rings (SSSR count). The third kappa shape index (κ3) is 8.96. The van der Waals surface area contributed by atoms with Crippen molar-refractivity contribution in [1.29, 1.82) is 0 Å². The van der Waals surface area contributed by atoms with Gasteiger partial charge in [0.05, 0.1) is 6.61 Å². The van der Waals surface area contributed by atoms with Crippen molar-refractivity contribution in [3.63, 3.8) is 0 Å². The van der Waals surface area contributed by atoms with E-state index < -0.39 is 0 Å². The van der Waals surface area contributed by atoms with Gasteiger partial charge in [-0.3, -0.25) is 0 Å². The summed E-state index contributed by atoms with van der Waals surface area (Å²) < 4.78 is 5.09. The number of carbonyl (C=O) groups is 1. The maximum atomic E-state index is 11.1. The molecule has 0 saturated carbocycles. The van der Waals surface area contributed by atoms with Crippen LogP contribution in [0.15, 0.2) is 12.2 Å². The van der Waals surface area contributed by atoms with Crippen LogP contribution in [0.5, 0.6) is 0 Å². The Labute approximate surface area is 106 Å². The van der Waals surface area contributed by atoms with Crippen molar-refractivity contribution in [2.75, 3.05) is 6.61 Å². The first-order valence-corrected chi connectivity index (χ1v) is 6.94. The zero-order chi connectivity index (χ0) is 13.1. The monoisotopic (exact) mass is 240 g/mol. The second-order valence-electron chi connectivity index (χ2n) is 4.83. The lowest BCUT2D eigenvalue weighted by Gasteiger charge is -2.14. The topological polar surface area (TPSA) is 26.3 Å². The van der Waals surface area contributed by atoms with Crippen molar-refractivity contribution in [3.8, 4) is 0 Å². The summed E-state index contributed by atoms with van der Waals surface area (Å²) in [5.74, 6) is 0.536. The molecule has 0 aliphatic heterocycles. The van der Waals surface area contributed by atoms with Crippen LogP contribution in [0.1, 0.15) is 65.7 Å². The van der Waals surface area contributed by atoms with Gasteiger partial charge in [0.15, 0.2) is 0 Å². The van der Waals surface area contributed by atoms with Crippen molar-refractivity contribution in [2.45, 2.75) is 65.7 Å². The maximum absolute atomic E-state index is 11.1. The Balaban J connectivity index is 3.55. The van der Waals surface area contributed by atoms with Crippen LogP contribution >= 0.6 is 0 Å². The lowest BCUT2D eigenvalue weighted by atomic mass is 9.94. The first-order valence-electron chi connectivity index (χ1n) is 6.94. The number of unbranched alkanes of at least 4 members (excludes halogenated alkanes) is 2. The highest BCUT2D eigenvalue weighted by atomic mass is 16.5.